The average molecular weight is 332 g/mol. The number of nitrogens with two attached hydrogens (primary N) is 1. The van der Waals surface area contributed by atoms with E-state index >= 15 is 0 Å². The first kappa shape index (κ1) is 12.9. The van der Waals surface area contributed by atoms with Crippen LogP contribution >= 0.6 is 16.1 Å². The van der Waals surface area contributed by atoms with Crippen LogP contribution < -0.4 is 14.6 Å². The van der Waals surface area contributed by atoms with Crippen LogP contribution in [0.1, 0.15) is 6.42 Å². The fourth-order valence-electron chi connectivity index (χ4n) is 2.40. The van der Waals surface area contributed by atoms with E-state index in [9.17, 15) is 5.11 Å². The lowest BCUT2D eigenvalue weighted by Crippen LogP contribution is -2.37. The van der Waals surface area contributed by atoms with Gasteiger partial charge in [0.2, 0.25) is 0 Å². The van der Waals surface area contributed by atoms with Crippen molar-refractivity contribution in [1.82, 2.24) is 9.97 Å². The Morgan fingerprint density at radius 3 is 3.00 bits per heavy atom. The third kappa shape index (κ3) is 2.02. The number of aliphatic hydroxyl groups is 2. The summed E-state index contributed by atoms with van der Waals surface area (Å²) in [6, 6.07) is 0. The van der Waals surface area contributed by atoms with Gasteiger partial charge in [-0.1, -0.05) is 0 Å². The van der Waals surface area contributed by atoms with Gasteiger partial charge >= 0.3 is 0 Å². The Morgan fingerprint density at radius 1 is 1.53 bits per heavy atom. The molecule has 0 aliphatic carbocycles. The molecule has 0 saturated carbocycles. The lowest BCUT2D eigenvalue weighted by molar-refractivity contribution is -0.0219. The molecule has 104 valence electrons. The van der Waals surface area contributed by atoms with Gasteiger partial charge in [0.15, 0.2) is 11.6 Å². The first-order valence-corrected chi connectivity index (χ1v) is 6.57. The molecule has 2 aliphatic heterocycles. The molecule has 3 rings (SSSR count). The largest absolute Gasteiger partial charge is 0.394 e. The van der Waals surface area contributed by atoms with Crippen molar-refractivity contribution >= 4 is 33.5 Å². The number of aromatic nitrogens is 2. The maximum atomic E-state index is 9.79. The van der Waals surface area contributed by atoms with Gasteiger partial charge in [-0.15, -0.1) is 0 Å². The molecule has 0 bridgehead atoms. The van der Waals surface area contributed by atoms with Gasteiger partial charge in [0.25, 0.3) is 0 Å². The second-order valence-corrected chi connectivity index (χ2v) is 5.38. The van der Waals surface area contributed by atoms with Gasteiger partial charge in [-0.25, -0.2) is 9.97 Å². The van der Waals surface area contributed by atoms with Gasteiger partial charge in [0.1, 0.15) is 31.0 Å². The molecular formula is C10H14BrN5O3. The summed E-state index contributed by atoms with van der Waals surface area (Å²) in [4.78, 5) is 10.0. The van der Waals surface area contributed by atoms with Gasteiger partial charge in [0.05, 0.1) is 28.9 Å². The van der Waals surface area contributed by atoms with E-state index in [1.54, 1.807) is 3.93 Å². The van der Waals surface area contributed by atoms with Crippen molar-refractivity contribution in [2.24, 2.45) is 0 Å². The standard InChI is InChI=1S/C10H14BrN5O3/c11-16-4-15(7-1-5(18)6(2-17)19-7)10-8(16)9(12)13-3-14-10/h3,5-7,17-18H,1-2,4H2,(H2,12,13,14)/t5?,6-,7-/m1/s1. The molecule has 1 unspecified atom stereocenters. The van der Waals surface area contributed by atoms with Crippen molar-refractivity contribution in [2.45, 2.75) is 24.9 Å². The number of hydrogen-bond donors (Lipinski definition) is 3. The highest BCUT2D eigenvalue weighted by atomic mass is 79.9. The minimum Gasteiger partial charge on any atom is -0.394 e. The van der Waals surface area contributed by atoms with Crippen molar-refractivity contribution in [3.8, 4) is 0 Å². The number of halogens is 1. The van der Waals surface area contributed by atoms with Crippen LogP contribution in [-0.2, 0) is 4.74 Å². The number of anilines is 3. The van der Waals surface area contributed by atoms with Gasteiger partial charge in [-0.05, 0) is 0 Å². The van der Waals surface area contributed by atoms with E-state index in [0.29, 0.717) is 30.4 Å². The van der Waals surface area contributed by atoms with Crippen LogP contribution in [0.5, 0.6) is 0 Å². The molecule has 1 aromatic heterocycles. The smallest absolute Gasteiger partial charge is 0.162 e. The molecule has 3 heterocycles. The minimum atomic E-state index is -0.679. The Morgan fingerprint density at radius 2 is 2.32 bits per heavy atom. The van der Waals surface area contributed by atoms with E-state index in [2.05, 4.69) is 26.1 Å². The van der Waals surface area contributed by atoms with Gasteiger partial charge < -0.3 is 25.6 Å². The molecule has 0 amide bonds. The summed E-state index contributed by atoms with van der Waals surface area (Å²) in [5.74, 6) is 1.03. The Bertz CT molecular complexity index is 490. The zero-order valence-electron chi connectivity index (χ0n) is 9.98. The lowest BCUT2D eigenvalue weighted by Gasteiger charge is -2.24. The summed E-state index contributed by atoms with van der Waals surface area (Å²) in [5.41, 5.74) is 6.51. The normalized spacial score (nSPS) is 29.9. The monoisotopic (exact) mass is 331 g/mol. The summed E-state index contributed by atoms with van der Waals surface area (Å²) < 4.78 is 7.38. The summed E-state index contributed by atoms with van der Waals surface area (Å²) in [5, 5.41) is 18.9. The molecule has 1 fully saturated rings. The van der Waals surface area contributed by atoms with E-state index in [-0.39, 0.29) is 12.8 Å². The van der Waals surface area contributed by atoms with Crippen LogP contribution in [0.15, 0.2) is 6.33 Å². The second kappa shape index (κ2) is 4.75. The molecule has 2 aliphatic rings. The number of hydrogen-bond acceptors (Lipinski definition) is 8. The minimum absolute atomic E-state index is 0.206. The van der Waals surface area contributed by atoms with Gasteiger partial charge in [-0.2, -0.15) is 0 Å². The van der Waals surface area contributed by atoms with Crippen LogP contribution in [0.4, 0.5) is 17.3 Å². The summed E-state index contributed by atoms with van der Waals surface area (Å²) in [6.45, 7) is 0.274. The van der Waals surface area contributed by atoms with Crippen molar-refractivity contribution in [3.05, 3.63) is 6.33 Å². The molecule has 1 saturated heterocycles. The second-order valence-electron chi connectivity index (χ2n) is 4.52. The third-order valence-electron chi connectivity index (χ3n) is 3.35. The lowest BCUT2D eigenvalue weighted by atomic mass is 10.2. The summed E-state index contributed by atoms with van der Waals surface area (Å²) >= 11 is 3.39. The molecule has 3 atom stereocenters. The third-order valence-corrected chi connectivity index (χ3v) is 3.93. The molecule has 0 aromatic carbocycles. The van der Waals surface area contributed by atoms with E-state index < -0.39 is 12.2 Å². The number of rotatable bonds is 2. The van der Waals surface area contributed by atoms with E-state index in [1.807, 2.05) is 4.90 Å². The molecular weight excluding hydrogens is 318 g/mol. The number of aliphatic hydroxyl groups excluding tert-OH is 2. The average Bonchev–Trinajstić information content (AvgIpc) is 2.91. The number of fused-ring (bicyclic) bond motifs is 1. The Kier molecular flexibility index (Phi) is 3.21. The van der Waals surface area contributed by atoms with Gasteiger partial charge in [-0.3, -0.25) is 3.93 Å². The van der Waals surface area contributed by atoms with Crippen LogP contribution in [0.25, 0.3) is 0 Å². The highest BCUT2D eigenvalue weighted by molar-refractivity contribution is 9.10. The first-order chi connectivity index (χ1) is 9.11. The maximum absolute atomic E-state index is 9.79. The molecule has 8 nitrogen and oxygen atoms in total. The molecule has 4 N–H and O–H groups in total. The van der Waals surface area contributed by atoms with Crippen molar-refractivity contribution in [1.29, 1.82) is 0 Å². The summed E-state index contributed by atoms with van der Waals surface area (Å²) in [6.07, 6.45) is 0.222. The molecule has 0 spiro atoms. The van der Waals surface area contributed by atoms with Crippen LogP contribution in [-0.4, -0.2) is 51.9 Å². The molecule has 0 radical (unpaired) electrons. The van der Waals surface area contributed by atoms with Crippen LogP contribution in [0.2, 0.25) is 0 Å². The zero-order chi connectivity index (χ0) is 13.6. The van der Waals surface area contributed by atoms with E-state index in [4.69, 9.17) is 15.6 Å². The Balaban J connectivity index is 1.88. The fourth-order valence-corrected chi connectivity index (χ4v) is 2.98. The predicted octanol–water partition coefficient (Wildman–Crippen LogP) is -0.579. The number of nitrogen functional groups attached to an aromatic ring is 1. The number of ether oxygens (including phenoxy) is 1. The van der Waals surface area contributed by atoms with Gasteiger partial charge in [0, 0.05) is 6.42 Å². The van der Waals surface area contributed by atoms with E-state index in [1.165, 1.54) is 6.33 Å². The zero-order valence-corrected chi connectivity index (χ0v) is 11.6. The van der Waals surface area contributed by atoms with Crippen molar-refractivity contribution in [3.63, 3.8) is 0 Å². The quantitative estimate of drug-likeness (QED) is 0.618. The molecule has 1 aromatic rings. The topological polar surface area (TPSA) is 108 Å². The highest BCUT2D eigenvalue weighted by Gasteiger charge is 2.41. The summed E-state index contributed by atoms with van der Waals surface area (Å²) in [7, 11) is 0. The van der Waals surface area contributed by atoms with Crippen molar-refractivity contribution < 1.29 is 14.9 Å². The van der Waals surface area contributed by atoms with E-state index in [0.717, 1.165) is 0 Å². The SMILES string of the molecule is Nc1ncnc2c1N(Br)CN2[C@H]1CC(O)[C@@H](CO)O1. The molecule has 9 heteroatoms. The fraction of sp³-hybridized carbons (Fsp3) is 0.600. The van der Waals surface area contributed by atoms with Crippen LogP contribution in [0, 0.1) is 0 Å². The highest BCUT2D eigenvalue weighted by Crippen LogP contribution is 2.42. The van der Waals surface area contributed by atoms with Crippen molar-refractivity contribution in [2.75, 3.05) is 27.8 Å². The Labute approximate surface area is 118 Å². The first-order valence-electron chi connectivity index (χ1n) is 5.86. The maximum Gasteiger partial charge on any atom is 0.162 e. The molecule has 19 heavy (non-hydrogen) atoms. The predicted molar refractivity (Wildman–Crippen MR) is 71.6 cm³/mol. The number of nitrogens with zero attached hydrogens (tertiary/aromatic N) is 4. The Hall–Kier alpha value is -1.16. The van der Waals surface area contributed by atoms with Crippen LogP contribution in [0.3, 0.4) is 0 Å².